The Morgan fingerprint density at radius 2 is 1.62 bits per heavy atom. The summed E-state index contributed by atoms with van der Waals surface area (Å²) in [5.74, 6) is -3.16. The molecular formula is C27H38F3IN4O3SSi. The van der Waals surface area contributed by atoms with Gasteiger partial charge < -0.3 is 9.74 Å². The van der Waals surface area contributed by atoms with Crippen molar-refractivity contribution in [1.82, 2.24) is 9.21 Å². The summed E-state index contributed by atoms with van der Waals surface area (Å²) in [6.45, 7) is 13.6. The third-order valence-electron chi connectivity index (χ3n) is 8.25. The predicted molar refractivity (Wildman–Crippen MR) is 164 cm³/mol. The molecule has 2 aliphatic heterocycles. The van der Waals surface area contributed by atoms with Crippen LogP contribution in [0, 0.1) is 21.0 Å². The normalized spacial score (nSPS) is 20.2. The number of halogens is 4. The van der Waals surface area contributed by atoms with Crippen LogP contribution in [0.25, 0.3) is 0 Å². The van der Waals surface area contributed by atoms with E-state index in [0.29, 0.717) is 29.5 Å². The van der Waals surface area contributed by atoms with Crippen molar-refractivity contribution in [3.05, 3.63) is 51.4 Å². The zero-order chi connectivity index (χ0) is 29.5. The standard InChI is InChI=1S/C27H38F3IN4O3SSi/c1-27(2,3)40(4,5)38-20-12-13-34(17-20)19-10-14-35(15-11-19)39(36,37)33-24-9-7-21(28)25(30)26(24)32-23-8-6-18(31)16-22(23)29/h6-9,16,19-20,32-33H,10-15,17H2,1-5H3. The number of hydrogen-bond acceptors (Lipinski definition) is 5. The van der Waals surface area contributed by atoms with Gasteiger partial charge in [-0.3, -0.25) is 9.62 Å². The van der Waals surface area contributed by atoms with Gasteiger partial charge in [-0.2, -0.15) is 12.7 Å². The zero-order valence-electron chi connectivity index (χ0n) is 23.5. The second-order valence-corrected chi connectivity index (χ2v) is 19.7. The van der Waals surface area contributed by atoms with Crippen LogP contribution in [0.1, 0.15) is 40.0 Å². The Balaban J connectivity index is 1.40. The van der Waals surface area contributed by atoms with Gasteiger partial charge in [0.05, 0.1) is 17.5 Å². The minimum atomic E-state index is -4.07. The average Bonchev–Trinajstić information content (AvgIpc) is 3.32. The van der Waals surface area contributed by atoms with Gasteiger partial charge in [0.15, 0.2) is 20.0 Å². The van der Waals surface area contributed by atoms with Gasteiger partial charge in [0, 0.05) is 35.8 Å². The van der Waals surface area contributed by atoms with E-state index in [0.717, 1.165) is 31.6 Å². The SMILES string of the molecule is CC(C)(C)[Si](C)(C)OC1CCN(C2CCN(S(=O)(=O)Nc3ccc(F)c(F)c3Nc3ccc(I)cc3F)CC2)C1. The van der Waals surface area contributed by atoms with Gasteiger partial charge in [-0.25, -0.2) is 13.2 Å². The third-order valence-corrected chi connectivity index (χ3v) is 15.0. The van der Waals surface area contributed by atoms with Gasteiger partial charge in [-0.15, -0.1) is 0 Å². The summed E-state index contributed by atoms with van der Waals surface area (Å²) in [5.41, 5.74) is -0.792. The molecule has 0 radical (unpaired) electrons. The van der Waals surface area contributed by atoms with Gasteiger partial charge in [0.25, 0.3) is 0 Å². The van der Waals surface area contributed by atoms with Crippen LogP contribution in [-0.2, 0) is 14.6 Å². The van der Waals surface area contributed by atoms with Crippen LogP contribution in [0.15, 0.2) is 30.3 Å². The summed E-state index contributed by atoms with van der Waals surface area (Å²) in [5, 5.41) is 2.66. The molecule has 0 saturated carbocycles. The molecule has 7 nitrogen and oxygen atoms in total. The number of benzene rings is 2. The first kappa shape index (κ1) is 31.5. The minimum Gasteiger partial charge on any atom is -0.413 e. The van der Waals surface area contributed by atoms with Crippen LogP contribution in [-0.4, -0.2) is 64.3 Å². The van der Waals surface area contributed by atoms with Crippen LogP contribution in [0.4, 0.5) is 30.2 Å². The molecule has 2 heterocycles. The molecule has 2 aromatic rings. The van der Waals surface area contributed by atoms with E-state index in [1.807, 2.05) is 22.6 Å². The second-order valence-electron chi connectivity index (χ2n) is 12.1. The van der Waals surface area contributed by atoms with Gasteiger partial charge in [0.1, 0.15) is 11.5 Å². The maximum absolute atomic E-state index is 14.8. The molecule has 40 heavy (non-hydrogen) atoms. The topological polar surface area (TPSA) is 73.9 Å². The van der Waals surface area contributed by atoms with Crippen molar-refractivity contribution in [2.45, 2.75) is 70.3 Å². The molecule has 1 unspecified atom stereocenters. The average molecular weight is 711 g/mol. The Morgan fingerprint density at radius 1 is 0.975 bits per heavy atom. The Hall–Kier alpha value is -1.39. The Morgan fingerprint density at radius 3 is 2.25 bits per heavy atom. The Bertz CT molecular complexity index is 1340. The van der Waals surface area contributed by atoms with Crippen LogP contribution in [0.3, 0.4) is 0 Å². The molecule has 2 aromatic carbocycles. The van der Waals surface area contributed by atoms with Crippen LogP contribution in [0.5, 0.6) is 0 Å². The van der Waals surface area contributed by atoms with E-state index in [1.54, 1.807) is 6.07 Å². The van der Waals surface area contributed by atoms with Crippen molar-refractivity contribution < 1.29 is 26.0 Å². The highest BCUT2D eigenvalue weighted by Crippen LogP contribution is 2.39. The second kappa shape index (κ2) is 12.1. The fraction of sp³-hybridized carbons (Fsp3) is 0.556. The first-order valence-electron chi connectivity index (χ1n) is 13.5. The molecule has 222 valence electrons. The van der Waals surface area contributed by atoms with E-state index in [2.05, 4.69) is 48.8 Å². The summed E-state index contributed by atoms with van der Waals surface area (Å²) in [7, 11) is -5.94. The number of nitrogens with one attached hydrogen (secondary N) is 2. The van der Waals surface area contributed by atoms with Crippen LogP contribution >= 0.6 is 22.6 Å². The lowest BCUT2D eigenvalue weighted by molar-refractivity contribution is 0.136. The van der Waals surface area contributed by atoms with E-state index < -0.39 is 41.7 Å². The molecule has 0 aliphatic carbocycles. The number of nitrogens with zero attached hydrogens (tertiary/aromatic N) is 2. The van der Waals surface area contributed by atoms with Crippen molar-refractivity contribution in [2.75, 3.05) is 36.2 Å². The van der Waals surface area contributed by atoms with E-state index >= 15 is 0 Å². The fourth-order valence-electron chi connectivity index (χ4n) is 4.91. The smallest absolute Gasteiger partial charge is 0.301 e. The third kappa shape index (κ3) is 7.14. The molecule has 2 fully saturated rings. The summed E-state index contributed by atoms with van der Waals surface area (Å²) in [6, 6.07) is 6.43. The number of piperidine rings is 1. The van der Waals surface area contributed by atoms with E-state index in [9.17, 15) is 21.6 Å². The van der Waals surface area contributed by atoms with E-state index in [-0.39, 0.29) is 28.6 Å². The molecule has 4 rings (SSSR count). The largest absolute Gasteiger partial charge is 0.413 e. The Labute approximate surface area is 250 Å². The summed E-state index contributed by atoms with van der Waals surface area (Å²) >= 11 is 1.93. The quantitative estimate of drug-likeness (QED) is 0.237. The fourth-order valence-corrected chi connectivity index (χ4v) is 8.01. The first-order valence-corrected chi connectivity index (χ1v) is 18.9. The lowest BCUT2D eigenvalue weighted by atomic mass is 10.1. The minimum absolute atomic E-state index is 0.104. The molecule has 0 bridgehead atoms. The Kier molecular flexibility index (Phi) is 9.52. The maximum Gasteiger partial charge on any atom is 0.301 e. The lowest BCUT2D eigenvalue weighted by Gasteiger charge is -2.39. The molecule has 0 spiro atoms. The molecule has 1 atom stereocenters. The maximum atomic E-state index is 14.8. The van der Waals surface area contributed by atoms with Crippen molar-refractivity contribution in [3.8, 4) is 0 Å². The molecule has 13 heteroatoms. The highest BCUT2D eigenvalue weighted by molar-refractivity contribution is 14.1. The number of rotatable bonds is 8. The van der Waals surface area contributed by atoms with Crippen LogP contribution < -0.4 is 10.0 Å². The van der Waals surface area contributed by atoms with Gasteiger partial charge in [-0.05, 0) is 90.3 Å². The number of hydrogen-bond donors (Lipinski definition) is 2. The van der Waals surface area contributed by atoms with Gasteiger partial charge in [0.2, 0.25) is 0 Å². The van der Waals surface area contributed by atoms with Gasteiger partial charge in [-0.1, -0.05) is 20.8 Å². The molecule has 2 saturated heterocycles. The van der Waals surface area contributed by atoms with Gasteiger partial charge >= 0.3 is 10.2 Å². The molecule has 2 N–H and O–H groups in total. The number of anilines is 3. The lowest BCUT2D eigenvalue weighted by Crippen LogP contribution is -2.48. The number of likely N-dealkylation sites (tertiary alicyclic amines) is 1. The summed E-state index contributed by atoms with van der Waals surface area (Å²) in [6.07, 6.45) is 2.48. The zero-order valence-corrected chi connectivity index (χ0v) is 27.5. The molecule has 0 amide bonds. The summed E-state index contributed by atoms with van der Waals surface area (Å²) < 4.78 is 80.7. The van der Waals surface area contributed by atoms with Crippen LogP contribution in [0.2, 0.25) is 18.1 Å². The van der Waals surface area contributed by atoms with Crippen molar-refractivity contribution in [2.24, 2.45) is 0 Å². The predicted octanol–water partition coefficient (Wildman–Crippen LogP) is 6.67. The molecular weight excluding hydrogens is 672 g/mol. The van der Waals surface area contributed by atoms with E-state index in [4.69, 9.17) is 4.43 Å². The molecule has 2 aliphatic rings. The van der Waals surface area contributed by atoms with E-state index in [1.165, 1.54) is 16.4 Å². The summed E-state index contributed by atoms with van der Waals surface area (Å²) in [4.78, 5) is 2.40. The van der Waals surface area contributed by atoms with Crippen molar-refractivity contribution >= 4 is 58.2 Å². The monoisotopic (exact) mass is 710 g/mol. The van der Waals surface area contributed by atoms with Crippen molar-refractivity contribution in [3.63, 3.8) is 0 Å². The first-order chi connectivity index (χ1) is 18.6. The van der Waals surface area contributed by atoms with Crippen molar-refractivity contribution in [1.29, 1.82) is 0 Å². The molecule has 0 aromatic heterocycles. The highest BCUT2D eigenvalue weighted by atomic mass is 127. The highest BCUT2D eigenvalue weighted by Gasteiger charge is 2.42.